The normalized spacial score (nSPS) is 13.7. The Labute approximate surface area is 263 Å². The number of fused-ring (bicyclic) bond motifs is 1. The molecule has 0 radical (unpaired) electrons. The molecular formula is C29H38N12O5. The van der Waals surface area contributed by atoms with Crippen LogP contribution in [0.3, 0.4) is 0 Å². The largest absolute Gasteiger partial charge is 0.480 e. The Morgan fingerprint density at radius 3 is 2.07 bits per heavy atom. The first-order valence-corrected chi connectivity index (χ1v) is 14.5. The fraction of sp³-hybridized carbons (Fsp3) is 0.345. The maximum Gasteiger partial charge on any atom is 0.326 e. The molecule has 17 nitrogen and oxygen atoms in total. The van der Waals surface area contributed by atoms with Crippen molar-refractivity contribution in [2.24, 2.45) is 22.2 Å². The topological polar surface area (TPSA) is 288 Å². The number of nitrogens with one attached hydrogen (secondary N) is 6. The van der Waals surface area contributed by atoms with Crippen LogP contribution in [0.5, 0.6) is 0 Å². The van der Waals surface area contributed by atoms with Crippen molar-refractivity contribution >= 4 is 40.6 Å². The van der Waals surface area contributed by atoms with Gasteiger partial charge in [0.25, 0.3) is 0 Å². The SMILES string of the molecule is NC(N)=NCCCC(NC(=O)C(Cc1cnc[nH]1)NC(=O)C(N)Cc1c[nH]c2ccccc12)C(=O)NC(Cc1cnc[nH]1)C(=O)O. The smallest absolute Gasteiger partial charge is 0.326 e. The molecule has 244 valence electrons. The summed E-state index contributed by atoms with van der Waals surface area (Å²) in [5, 5.41) is 18.5. The van der Waals surface area contributed by atoms with Gasteiger partial charge >= 0.3 is 5.97 Å². The highest BCUT2D eigenvalue weighted by atomic mass is 16.4. The lowest BCUT2D eigenvalue weighted by atomic mass is 10.0. The van der Waals surface area contributed by atoms with Gasteiger partial charge in [-0.2, -0.15) is 0 Å². The second-order valence-corrected chi connectivity index (χ2v) is 10.7. The molecular weight excluding hydrogens is 596 g/mol. The van der Waals surface area contributed by atoms with E-state index in [1.807, 2.05) is 24.3 Å². The van der Waals surface area contributed by atoms with Crippen molar-refractivity contribution in [3.05, 3.63) is 72.5 Å². The number of hydrogen-bond acceptors (Lipinski definition) is 8. The molecule has 46 heavy (non-hydrogen) atoms. The Hall–Kier alpha value is -5.71. The van der Waals surface area contributed by atoms with Gasteiger partial charge in [0.2, 0.25) is 17.7 Å². The number of rotatable bonds is 17. The monoisotopic (exact) mass is 634 g/mol. The third-order valence-electron chi connectivity index (χ3n) is 7.24. The second-order valence-electron chi connectivity index (χ2n) is 10.7. The highest BCUT2D eigenvalue weighted by Gasteiger charge is 2.31. The Bertz CT molecular complexity index is 1630. The van der Waals surface area contributed by atoms with Gasteiger partial charge in [0, 0.05) is 60.3 Å². The van der Waals surface area contributed by atoms with Gasteiger partial charge < -0.3 is 53.2 Å². The lowest BCUT2D eigenvalue weighted by molar-refractivity contribution is -0.142. The van der Waals surface area contributed by atoms with E-state index in [4.69, 9.17) is 17.2 Å². The maximum absolute atomic E-state index is 13.7. The number of aliphatic imine (C=N–C) groups is 1. The molecule has 0 aliphatic heterocycles. The van der Waals surface area contributed by atoms with Crippen LogP contribution in [0.15, 0.2) is 60.5 Å². The van der Waals surface area contributed by atoms with Crippen molar-refractivity contribution < 1.29 is 24.3 Å². The number of nitrogens with zero attached hydrogens (tertiary/aromatic N) is 3. The lowest BCUT2D eigenvalue weighted by Crippen LogP contribution is -2.58. The van der Waals surface area contributed by atoms with Gasteiger partial charge in [0.15, 0.2) is 5.96 Å². The van der Waals surface area contributed by atoms with Crippen LogP contribution < -0.4 is 33.2 Å². The Morgan fingerprint density at radius 1 is 0.826 bits per heavy atom. The highest BCUT2D eigenvalue weighted by Crippen LogP contribution is 2.19. The number of hydrogen-bond donors (Lipinski definition) is 10. The van der Waals surface area contributed by atoms with E-state index in [9.17, 15) is 24.3 Å². The van der Waals surface area contributed by atoms with Crippen molar-refractivity contribution in [3.8, 4) is 0 Å². The minimum atomic E-state index is -1.31. The molecule has 0 fully saturated rings. The van der Waals surface area contributed by atoms with Crippen LogP contribution in [0, 0.1) is 0 Å². The number of aliphatic carboxylic acids is 1. The Morgan fingerprint density at radius 2 is 1.43 bits per heavy atom. The number of amides is 3. The molecule has 17 heteroatoms. The minimum Gasteiger partial charge on any atom is -0.480 e. The minimum absolute atomic E-state index is 0.0112. The van der Waals surface area contributed by atoms with E-state index in [0.717, 1.165) is 16.5 Å². The van der Waals surface area contributed by atoms with E-state index in [-0.39, 0.29) is 44.6 Å². The van der Waals surface area contributed by atoms with Crippen molar-refractivity contribution in [1.82, 2.24) is 40.9 Å². The van der Waals surface area contributed by atoms with Gasteiger partial charge in [0.1, 0.15) is 18.1 Å². The number of carbonyl (C=O) groups excluding carboxylic acids is 3. The van der Waals surface area contributed by atoms with Gasteiger partial charge in [-0.15, -0.1) is 0 Å². The average Bonchev–Trinajstić information content (AvgIpc) is 3.81. The summed E-state index contributed by atoms with van der Waals surface area (Å²) in [6.07, 6.45) is 8.06. The number of aromatic nitrogens is 5. The van der Waals surface area contributed by atoms with Crippen LogP contribution in [-0.2, 0) is 38.4 Å². The van der Waals surface area contributed by atoms with E-state index in [1.165, 1.54) is 25.0 Å². The van der Waals surface area contributed by atoms with Crippen LogP contribution in [0.25, 0.3) is 10.9 Å². The van der Waals surface area contributed by atoms with Gasteiger partial charge in [-0.25, -0.2) is 14.8 Å². The number of benzene rings is 1. The molecule has 0 spiro atoms. The average molecular weight is 635 g/mol. The first kappa shape index (κ1) is 33.2. The number of guanidine groups is 1. The van der Waals surface area contributed by atoms with Crippen molar-refractivity contribution in [2.45, 2.75) is 56.3 Å². The number of imidazole rings is 2. The Balaban J connectivity index is 1.48. The molecule has 3 aromatic heterocycles. The molecule has 1 aromatic carbocycles. The highest BCUT2D eigenvalue weighted by molar-refractivity contribution is 5.94. The number of carbonyl (C=O) groups is 4. The number of H-pyrrole nitrogens is 3. The zero-order chi connectivity index (χ0) is 33.1. The van der Waals surface area contributed by atoms with Gasteiger partial charge in [0.05, 0.1) is 18.7 Å². The summed E-state index contributed by atoms with van der Waals surface area (Å²) in [5.74, 6) is -3.43. The summed E-state index contributed by atoms with van der Waals surface area (Å²) >= 11 is 0. The Kier molecular flexibility index (Phi) is 11.4. The van der Waals surface area contributed by atoms with Crippen LogP contribution in [0.1, 0.15) is 29.8 Å². The zero-order valence-electron chi connectivity index (χ0n) is 24.9. The van der Waals surface area contributed by atoms with Crippen LogP contribution in [0.2, 0.25) is 0 Å². The van der Waals surface area contributed by atoms with Crippen molar-refractivity contribution in [1.29, 1.82) is 0 Å². The molecule has 4 atom stereocenters. The third-order valence-corrected chi connectivity index (χ3v) is 7.24. The second kappa shape index (κ2) is 15.8. The van der Waals surface area contributed by atoms with E-state index in [1.54, 1.807) is 6.20 Å². The first-order chi connectivity index (χ1) is 22.1. The van der Waals surface area contributed by atoms with Gasteiger partial charge in [-0.1, -0.05) is 18.2 Å². The predicted molar refractivity (Wildman–Crippen MR) is 168 cm³/mol. The summed E-state index contributed by atoms with van der Waals surface area (Å²) in [6.45, 7) is 0.162. The molecule has 0 saturated carbocycles. The van der Waals surface area contributed by atoms with E-state index in [0.29, 0.717) is 11.4 Å². The molecule has 4 aromatic rings. The molecule has 3 heterocycles. The number of carboxylic acids is 1. The van der Waals surface area contributed by atoms with Gasteiger partial charge in [-0.3, -0.25) is 19.4 Å². The van der Waals surface area contributed by atoms with Crippen molar-refractivity contribution in [2.75, 3.05) is 6.54 Å². The molecule has 13 N–H and O–H groups in total. The molecule has 0 saturated heterocycles. The summed E-state index contributed by atoms with van der Waals surface area (Å²) in [7, 11) is 0. The summed E-state index contributed by atoms with van der Waals surface area (Å²) < 4.78 is 0. The summed E-state index contributed by atoms with van der Waals surface area (Å²) in [6, 6.07) is 2.96. The van der Waals surface area contributed by atoms with E-state index >= 15 is 0 Å². The van der Waals surface area contributed by atoms with E-state index < -0.39 is 47.9 Å². The number of para-hydroxylation sites is 1. The standard InChI is InChI=1S/C29H38N12O5/c30-20(8-16-11-36-21-5-2-1-4-19(16)21)25(42)40-23(9-17-12-33-14-37-17)27(44)39-22(6-3-7-35-29(31)32)26(43)41-24(28(45)46)10-18-13-34-15-38-18/h1-2,4-5,11-15,20,22-24,36H,3,6-10,30H2,(H,33,37)(H,34,38)(H,39,44)(H,40,42)(H,41,43)(H,45,46)(H4,31,32,35). The quantitative estimate of drug-likeness (QED) is 0.0367. The summed E-state index contributed by atoms with van der Waals surface area (Å²) in [4.78, 5) is 72.9. The fourth-order valence-electron chi connectivity index (χ4n) is 4.87. The molecule has 0 aliphatic rings. The van der Waals surface area contributed by atoms with Gasteiger partial charge in [-0.05, 0) is 30.9 Å². The van der Waals surface area contributed by atoms with E-state index in [2.05, 4.69) is 45.9 Å². The van der Waals surface area contributed by atoms with Crippen LogP contribution >= 0.6 is 0 Å². The predicted octanol–water partition coefficient (Wildman–Crippen LogP) is -1.44. The number of aromatic amines is 3. The zero-order valence-corrected chi connectivity index (χ0v) is 24.9. The fourth-order valence-corrected chi connectivity index (χ4v) is 4.87. The van der Waals surface area contributed by atoms with Crippen LogP contribution in [0.4, 0.5) is 0 Å². The number of nitrogens with two attached hydrogens (primary N) is 3. The molecule has 4 unspecified atom stereocenters. The summed E-state index contributed by atoms with van der Waals surface area (Å²) in [5.41, 5.74) is 19.9. The molecule has 0 bridgehead atoms. The third kappa shape index (κ3) is 9.39. The number of carboxylic acid groups (broad SMARTS) is 1. The first-order valence-electron chi connectivity index (χ1n) is 14.5. The molecule has 0 aliphatic carbocycles. The molecule has 3 amide bonds. The maximum atomic E-state index is 13.7. The van der Waals surface area contributed by atoms with Crippen molar-refractivity contribution in [3.63, 3.8) is 0 Å². The molecule has 4 rings (SSSR count). The van der Waals surface area contributed by atoms with Crippen LogP contribution in [-0.4, -0.2) is 90.4 Å². The lowest BCUT2D eigenvalue weighted by Gasteiger charge is -2.25.